The molecule has 0 saturated carbocycles. The number of hydrogen-bond acceptors (Lipinski definition) is 7. The normalized spacial score (nSPS) is 11.1. The van der Waals surface area contributed by atoms with Gasteiger partial charge in [-0.15, -0.1) is 10.2 Å². The fraction of sp³-hybridized carbons (Fsp3) is 0.385. The highest BCUT2D eigenvalue weighted by atomic mass is 16.6. The lowest BCUT2D eigenvalue weighted by atomic mass is 10.2. The van der Waals surface area contributed by atoms with E-state index in [-0.39, 0.29) is 5.69 Å². The Bertz CT molecular complexity index is 861. The SMILES string of the molecule is Cc1nn(C)c(C)c1-c1nnc(CCn2cc([N+](=O)[O-])cn2)o1. The third kappa shape index (κ3) is 2.82. The van der Waals surface area contributed by atoms with Crippen molar-refractivity contribution in [1.29, 1.82) is 0 Å². The molecule has 0 aliphatic carbocycles. The van der Waals surface area contributed by atoms with Crippen LogP contribution in [-0.2, 0) is 20.0 Å². The Morgan fingerprint density at radius 3 is 2.74 bits per heavy atom. The molecule has 0 aliphatic rings. The van der Waals surface area contributed by atoms with E-state index in [9.17, 15) is 10.1 Å². The highest BCUT2D eigenvalue weighted by Gasteiger charge is 2.18. The van der Waals surface area contributed by atoms with Crippen LogP contribution in [0.3, 0.4) is 0 Å². The van der Waals surface area contributed by atoms with Gasteiger partial charge in [-0.2, -0.15) is 10.2 Å². The lowest BCUT2D eigenvalue weighted by molar-refractivity contribution is -0.385. The molecule has 10 nitrogen and oxygen atoms in total. The van der Waals surface area contributed by atoms with Gasteiger partial charge in [0.15, 0.2) is 0 Å². The average molecular weight is 317 g/mol. The minimum absolute atomic E-state index is 0.0437. The number of nitro groups is 1. The lowest BCUT2D eigenvalue weighted by Crippen LogP contribution is -2.01. The van der Waals surface area contributed by atoms with Crippen molar-refractivity contribution in [2.75, 3.05) is 0 Å². The Hall–Kier alpha value is -3.04. The maximum atomic E-state index is 10.6. The van der Waals surface area contributed by atoms with Crippen molar-refractivity contribution in [3.63, 3.8) is 0 Å². The van der Waals surface area contributed by atoms with Crippen molar-refractivity contribution in [3.8, 4) is 11.5 Å². The molecule has 0 radical (unpaired) electrons. The molecule has 3 rings (SSSR count). The molecular weight excluding hydrogens is 302 g/mol. The van der Waals surface area contributed by atoms with E-state index in [2.05, 4.69) is 20.4 Å². The summed E-state index contributed by atoms with van der Waals surface area (Å²) in [6, 6.07) is 0. The Morgan fingerprint density at radius 2 is 2.13 bits per heavy atom. The zero-order chi connectivity index (χ0) is 16.6. The third-order valence-electron chi connectivity index (χ3n) is 3.57. The van der Waals surface area contributed by atoms with E-state index >= 15 is 0 Å². The molecule has 120 valence electrons. The van der Waals surface area contributed by atoms with Crippen LogP contribution in [-0.4, -0.2) is 34.7 Å². The van der Waals surface area contributed by atoms with Crippen molar-refractivity contribution in [2.24, 2.45) is 7.05 Å². The molecule has 0 amide bonds. The van der Waals surface area contributed by atoms with Gasteiger partial charge in [0.2, 0.25) is 5.89 Å². The van der Waals surface area contributed by atoms with Crippen LogP contribution in [0.15, 0.2) is 16.8 Å². The highest BCUT2D eigenvalue weighted by molar-refractivity contribution is 5.59. The van der Waals surface area contributed by atoms with E-state index in [0.29, 0.717) is 24.7 Å². The summed E-state index contributed by atoms with van der Waals surface area (Å²) in [6.07, 6.45) is 3.01. The average Bonchev–Trinajstić information content (AvgIpc) is 3.18. The number of nitrogens with zero attached hydrogens (tertiary/aromatic N) is 7. The van der Waals surface area contributed by atoms with Crippen LogP contribution in [0.5, 0.6) is 0 Å². The number of hydrogen-bond donors (Lipinski definition) is 0. The van der Waals surface area contributed by atoms with Gasteiger partial charge >= 0.3 is 5.69 Å². The molecule has 0 aromatic carbocycles. The van der Waals surface area contributed by atoms with Gasteiger partial charge in [-0.25, -0.2) is 0 Å². The summed E-state index contributed by atoms with van der Waals surface area (Å²) in [5, 5.41) is 26.9. The van der Waals surface area contributed by atoms with Gasteiger partial charge in [0.05, 0.1) is 16.2 Å². The van der Waals surface area contributed by atoms with Crippen molar-refractivity contribution in [3.05, 3.63) is 39.8 Å². The standard InChI is InChI=1S/C13H15N7O3/c1-8-12(9(2)18(3)17-8)13-16-15-11(23-13)4-5-19-7-10(6-14-19)20(21)22/h6-7H,4-5H2,1-3H3. The molecule has 0 saturated heterocycles. The van der Waals surface area contributed by atoms with Crippen LogP contribution >= 0.6 is 0 Å². The highest BCUT2D eigenvalue weighted by Crippen LogP contribution is 2.25. The smallest absolute Gasteiger partial charge is 0.306 e. The molecule has 10 heteroatoms. The Morgan fingerprint density at radius 1 is 1.35 bits per heavy atom. The van der Waals surface area contributed by atoms with Crippen LogP contribution in [0.4, 0.5) is 5.69 Å². The lowest BCUT2D eigenvalue weighted by Gasteiger charge is -1.97. The second-order valence-electron chi connectivity index (χ2n) is 5.14. The molecular formula is C13H15N7O3. The largest absolute Gasteiger partial charge is 0.420 e. The Labute approximate surface area is 130 Å². The van der Waals surface area contributed by atoms with Crippen molar-refractivity contribution in [2.45, 2.75) is 26.8 Å². The van der Waals surface area contributed by atoms with Crippen molar-refractivity contribution >= 4 is 5.69 Å². The van der Waals surface area contributed by atoms with E-state index in [1.165, 1.54) is 17.1 Å². The number of aryl methyl sites for hydroxylation is 4. The van der Waals surface area contributed by atoms with Gasteiger partial charge in [0, 0.05) is 25.7 Å². The summed E-state index contributed by atoms with van der Waals surface area (Å²) < 4.78 is 8.91. The van der Waals surface area contributed by atoms with Crippen molar-refractivity contribution < 1.29 is 9.34 Å². The van der Waals surface area contributed by atoms with Crippen LogP contribution < -0.4 is 0 Å². The molecule has 0 spiro atoms. The van der Waals surface area contributed by atoms with E-state index < -0.39 is 4.92 Å². The maximum absolute atomic E-state index is 10.6. The van der Waals surface area contributed by atoms with Gasteiger partial charge in [-0.1, -0.05) is 0 Å². The predicted octanol–water partition coefficient (Wildman–Crippen LogP) is 1.43. The summed E-state index contributed by atoms with van der Waals surface area (Å²) >= 11 is 0. The fourth-order valence-electron chi connectivity index (χ4n) is 2.32. The maximum Gasteiger partial charge on any atom is 0.306 e. The molecule has 3 aromatic heterocycles. The molecule has 3 heterocycles. The molecule has 0 bridgehead atoms. The quantitative estimate of drug-likeness (QED) is 0.516. The van der Waals surface area contributed by atoms with Gasteiger partial charge in [-0.3, -0.25) is 19.5 Å². The van der Waals surface area contributed by atoms with E-state index in [1.807, 2.05) is 20.9 Å². The summed E-state index contributed by atoms with van der Waals surface area (Å²) in [5.41, 5.74) is 2.56. The minimum Gasteiger partial charge on any atom is -0.420 e. The van der Waals surface area contributed by atoms with Crippen LogP contribution in [0.1, 0.15) is 17.3 Å². The first kappa shape index (κ1) is 14.9. The molecule has 0 aliphatic heterocycles. The summed E-state index contributed by atoms with van der Waals surface area (Å²) in [5.74, 6) is 0.871. The van der Waals surface area contributed by atoms with Gasteiger partial charge in [-0.05, 0) is 13.8 Å². The van der Waals surface area contributed by atoms with Crippen LogP contribution in [0.2, 0.25) is 0 Å². The summed E-state index contributed by atoms with van der Waals surface area (Å²) in [4.78, 5) is 10.1. The topological polar surface area (TPSA) is 118 Å². The molecule has 0 fully saturated rings. The number of rotatable bonds is 5. The number of aromatic nitrogens is 6. The van der Waals surface area contributed by atoms with Gasteiger partial charge in [0.1, 0.15) is 12.4 Å². The summed E-state index contributed by atoms with van der Waals surface area (Å²) in [6.45, 7) is 4.23. The Balaban J connectivity index is 1.73. The second kappa shape index (κ2) is 5.63. The molecule has 3 aromatic rings. The predicted molar refractivity (Wildman–Crippen MR) is 78.6 cm³/mol. The molecule has 0 N–H and O–H groups in total. The molecule has 0 unspecified atom stereocenters. The van der Waals surface area contributed by atoms with Gasteiger partial charge in [0.25, 0.3) is 5.89 Å². The summed E-state index contributed by atoms with van der Waals surface area (Å²) in [7, 11) is 1.85. The van der Waals surface area contributed by atoms with E-state index in [4.69, 9.17) is 4.42 Å². The first-order valence-corrected chi connectivity index (χ1v) is 6.95. The third-order valence-corrected chi connectivity index (χ3v) is 3.57. The van der Waals surface area contributed by atoms with E-state index in [1.54, 1.807) is 4.68 Å². The first-order valence-electron chi connectivity index (χ1n) is 6.95. The fourth-order valence-corrected chi connectivity index (χ4v) is 2.32. The van der Waals surface area contributed by atoms with Crippen LogP contribution in [0, 0.1) is 24.0 Å². The van der Waals surface area contributed by atoms with Crippen LogP contribution in [0.25, 0.3) is 11.5 Å². The Kier molecular flexibility index (Phi) is 3.64. The second-order valence-corrected chi connectivity index (χ2v) is 5.14. The van der Waals surface area contributed by atoms with Crippen molar-refractivity contribution in [1.82, 2.24) is 29.8 Å². The first-order chi connectivity index (χ1) is 11.0. The molecule has 0 atom stereocenters. The minimum atomic E-state index is -0.484. The van der Waals surface area contributed by atoms with Gasteiger partial charge < -0.3 is 4.42 Å². The zero-order valence-electron chi connectivity index (χ0n) is 12.9. The zero-order valence-corrected chi connectivity index (χ0v) is 12.9. The van der Waals surface area contributed by atoms with E-state index in [0.717, 1.165) is 17.0 Å². The molecule has 23 heavy (non-hydrogen) atoms. The monoisotopic (exact) mass is 317 g/mol.